The minimum atomic E-state index is 0.525. The third kappa shape index (κ3) is 3.08. The van der Waals surface area contributed by atoms with E-state index in [-0.39, 0.29) is 0 Å². The first kappa shape index (κ1) is 9.47. The molecule has 2 heteroatoms. The van der Waals surface area contributed by atoms with Crippen LogP contribution < -0.4 is 0 Å². The Morgan fingerprint density at radius 1 is 1.46 bits per heavy atom. The zero-order valence-corrected chi connectivity index (χ0v) is 7.86. The Kier molecular flexibility index (Phi) is 3.22. The van der Waals surface area contributed by atoms with E-state index in [4.69, 9.17) is 5.26 Å². The highest BCUT2D eigenvalue weighted by Crippen LogP contribution is 2.03. The van der Waals surface area contributed by atoms with E-state index in [9.17, 15) is 0 Å². The van der Waals surface area contributed by atoms with Gasteiger partial charge in [-0.1, -0.05) is 19.9 Å². The van der Waals surface area contributed by atoms with Crippen molar-refractivity contribution in [2.75, 3.05) is 0 Å². The number of nitrogens with zero attached hydrogens (tertiary/aromatic N) is 2. The predicted molar refractivity (Wildman–Crippen MR) is 52.8 cm³/mol. The maximum atomic E-state index is 8.54. The molecule has 0 N–H and O–H groups in total. The molecule has 0 bridgehead atoms. The van der Waals surface area contributed by atoms with Gasteiger partial charge in [0.25, 0.3) is 0 Å². The largest absolute Gasteiger partial charge is 0.256 e. The summed E-state index contributed by atoms with van der Waals surface area (Å²) < 4.78 is 0. The summed E-state index contributed by atoms with van der Waals surface area (Å²) in [6.45, 7) is 4.22. The number of pyridine rings is 1. The molecule has 0 saturated carbocycles. The summed E-state index contributed by atoms with van der Waals surface area (Å²) in [5.74, 6) is 0.525. The fraction of sp³-hybridized carbons (Fsp3) is 0.273. The van der Waals surface area contributed by atoms with Crippen molar-refractivity contribution < 1.29 is 0 Å². The third-order valence-electron chi connectivity index (χ3n) is 1.57. The normalized spacial score (nSPS) is 10.6. The van der Waals surface area contributed by atoms with Crippen LogP contribution in [0.3, 0.4) is 0 Å². The van der Waals surface area contributed by atoms with Crippen molar-refractivity contribution >= 4 is 6.08 Å². The Morgan fingerprint density at radius 2 is 2.23 bits per heavy atom. The fourth-order valence-corrected chi connectivity index (χ4v) is 0.861. The quantitative estimate of drug-likeness (QED) is 0.687. The van der Waals surface area contributed by atoms with Crippen LogP contribution in [0.5, 0.6) is 0 Å². The van der Waals surface area contributed by atoms with Gasteiger partial charge >= 0.3 is 0 Å². The van der Waals surface area contributed by atoms with Gasteiger partial charge in [0.1, 0.15) is 6.07 Å². The first-order chi connectivity index (χ1) is 6.22. The number of nitriles is 1. The molecule has 1 aromatic rings. The molecule has 1 aromatic heterocycles. The van der Waals surface area contributed by atoms with Crippen LogP contribution in [0.2, 0.25) is 0 Å². The van der Waals surface area contributed by atoms with E-state index in [2.05, 4.69) is 24.9 Å². The highest BCUT2D eigenvalue weighted by atomic mass is 14.7. The fourth-order valence-electron chi connectivity index (χ4n) is 0.861. The van der Waals surface area contributed by atoms with E-state index in [0.29, 0.717) is 11.5 Å². The Morgan fingerprint density at radius 3 is 2.69 bits per heavy atom. The van der Waals surface area contributed by atoms with Gasteiger partial charge in [-0.05, 0) is 24.1 Å². The molecule has 0 unspecified atom stereocenters. The van der Waals surface area contributed by atoms with Crippen molar-refractivity contribution in [3.63, 3.8) is 0 Å². The Bertz CT molecular complexity index is 328. The Hall–Kier alpha value is -1.62. The van der Waals surface area contributed by atoms with Gasteiger partial charge < -0.3 is 0 Å². The molecule has 0 aromatic carbocycles. The zero-order chi connectivity index (χ0) is 9.68. The second-order valence-electron chi connectivity index (χ2n) is 3.19. The van der Waals surface area contributed by atoms with E-state index in [1.807, 2.05) is 18.2 Å². The average Bonchev–Trinajstić information content (AvgIpc) is 2.15. The highest BCUT2D eigenvalue weighted by molar-refractivity contribution is 5.45. The number of hydrogen-bond acceptors (Lipinski definition) is 2. The van der Waals surface area contributed by atoms with Gasteiger partial charge in [-0.3, -0.25) is 4.98 Å². The topological polar surface area (TPSA) is 36.7 Å². The zero-order valence-electron chi connectivity index (χ0n) is 7.86. The van der Waals surface area contributed by atoms with Gasteiger partial charge in [-0.25, -0.2) is 0 Å². The average molecular weight is 172 g/mol. The van der Waals surface area contributed by atoms with Crippen molar-refractivity contribution in [3.8, 4) is 6.07 Å². The molecule has 0 amide bonds. The minimum Gasteiger partial charge on any atom is -0.256 e. The number of allylic oxidation sites excluding steroid dienone is 1. The van der Waals surface area contributed by atoms with E-state index >= 15 is 0 Å². The maximum absolute atomic E-state index is 8.54. The molecule has 2 nitrogen and oxygen atoms in total. The molecule has 1 rings (SSSR count). The molecule has 0 aliphatic carbocycles. The van der Waals surface area contributed by atoms with Gasteiger partial charge in [0.2, 0.25) is 0 Å². The van der Waals surface area contributed by atoms with E-state index in [1.54, 1.807) is 12.3 Å². The van der Waals surface area contributed by atoms with Crippen molar-refractivity contribution in [1.82, 2.24) is 4.98 Å². The minimum absolute atomic E-state index is 0.525. The van der Waals surface area contributed by atoms with Gasteiger partial charge in [0.05, 0.1) is 11.3 Å². The standard InChI is InChI=1S/C11H12N2/c1-9(2)3-5-11-6-4-10(7-12)8-13-11/h3-6,8-9H,1-2H3/b5-3+. The summed E-state index contributed by atoms with van der Waals surface area (Å²) in [7, 11) is 0. The molecule has 0 spiro atoms. The van der Waals surface area contributed by atoms with Crippen LogP contribution in [0, 0.1) is 17.2 Å². The lowest BCUT2D eigenvalue weighted by molar-refractivity contribution is 0.836. The monoisotopic (exact) mass is 172 g/mol. The molecule has 0 saturated heterocycles. The molecule has 13 heavy (non-hydrogen) atoms. The van der Waals surface area contributed by atoms with Crippen LogP contribution in [0.15, 0.2) is 24.4 Å². The lowest BCUT2D eigenvalue weighted by Crippen LogP contribution is -1.83. The molecule has 0 radical (unpaired) electrons. The van der Waals surface area contributed by atoms with E-state index in [0.717, 1.165) is 5.69 Å². The van der Waals surface area contributed by atoms with Crippen LogP contribution >= 0.6 is 0 Å². The molecular formula is C11H12N2. The Balaban J connectivity index is 2.76. The molecular weight excluding hydrogens is 160 g/mol. The third-order valence-corrected chi connectivity index (χ3v) is 1.57. The highest BCUT2D eigenvalue weighted by Gasteiger charge is 1.91. The van der Waals surface area contributed by atoms with Crippen molar-refractivity contribution in [2.24, 2.45) is 5.92 Å². The molecule has 66 valence electrons. The second kappa shape index (κ2) is 4.42. The molecule has 0 aliphatic heterocycles. The summed E-state index contributed by atoms with van der Waals surface area (Å²) in [6.07, 6.45) is 5.63. The van der Waals surface area contributed by atoms with E-state index < -0.39 is 0 Å². The van der Waals surface area contributed by atoms with Crippen LogP contribution in [0.1, 0.15) is 25.1 Å². The maximum Gasteiger partial charge on any atom is 0.101 e. The smallest absolute Gasteiger partial charge is 0.101 e. The van der Waals surface area contributed by atoms with Crippen LogP contribution in [-0.2, 0) is 0 Å². The summed E-state index contributed by atoms with van der Waals surface area (Å²) in [4.78, 5) is 4.11. The summed E-state index contributed by atoms with van der Waals surface area (Å²) in [6, 6.07) is 5.65. The van der Waals surface area contributed by atoms with Crippen molar-refractivity contribution in [3.05, 3.63) is 35.7 Å². The first-order valence-electron chi connectivity index (χ1n) is 4.26. The van der Waals surface area contributed by atoms with Gasteiger partial charge in [-0.2, -0.15) is 5.26 Å². The van der Waals surface area contributed by atoms with Gasteiger partial charge in [0.15, 0.2) is 0 Å². The SMILES string of the molecule is CC(C)/C=C/c1ccc(C#N)cn1. The van der Waals surface area contributed by atoms with E-state index in [1.165, 1.54) is 0 Å². The first-order valence-corrected chi connectivity index (χ1v) is 4.26. The number of aromatic nitrogens is 1. The molecule has 1 heterocycles. The van der Waals surface area contributed by atoms with Gasteiger partial charge in [0, 0.05) is 6.20 Å². The summed E-state index contributed by atoms with van der Waals surface area (Å²) in [5, 5.41) is 8.54. The summed E-state index contributed by atoms with van der Waals surface area (Å²) in [5.41, 5.74) is 1.49. The van der Waals surface area contributed by atoms with Crippen LogP contribution in [0.25, 0.3) is 6.08 Å². The number of rotatable bonds is 2. The van der Waals surface area contributed by atoms with Crippen LogP contribution in [0.4, 0.5) is 0 Å². The number of hydrogen-bond donors (Lipinski definition) is 0. The van der Waals surface area contributed by atoms with Crippen LogP contribution in [-0.4, -0.2) is 4.98 Å². The van der Waals surface area contributed by atoms with Crippen molar-refractivity contribution in [1.29, 1.82) is 5.26 Å². The predicted octanol–water partition coefficient (Wildman–Crippen LogP) is 2.62. The molecule has 0 aliphatic rings. The van der Waals surface area contributed by atoms with Crippen molar-refractivity contribution in [2.45, 2.75) is 13.8 Å². The molecule has 0 atom stereocenters. The Labute approximate surface area is 78.5 Å². The second-order valence-corrected chi connectivity index (χ2v) is 3.19. The van der Waals surface area contributed by atoms with Gasteiger partial charge in [-0.15, -0.1) is 0 Å². The molecule has 0 fully saturated rings. The lowest BCUT2D eigenvalue weighted by Gasteiger charge is -1.94. The summed E-state index contributed by atoms with van der Waals surface area (Å²) >= 11 is 0. The lowest BCUT2D eigenvalue weighted by atomic mass is 10.2.